The molecule has 2 unspecified atom stereocenters. The summed E-state index contributed by atoms with van der Waals surface area (Å²) in [5, 5.41) is 0. The van der Waals surface area contributed by atoms with Crippen LogP contribution >= 0.6 is 0 Å². The Morgan fingerprint density at radius 1 is 1.44 bits per heavy atom. The van der Waals surface area contributed by atoms with Crippen molar-refractivity contribution in [1.29, 1.82) is 0 Å². The van der Waals surface area contributed by atoms with Crippen LogP contribution < -0.4 is 0 Å². The van der Waals surface area contributed by atoms with Gasteiger partial charge in [0.05, 0.1) is 6.04 Å². The molecule has 0 aliphatic carbocycles. The van der Waals surface area contributed by atoms with Crippen molar-refractivity contribution in [3.63, 3.8) is 0 Å². The van der Waals surface area contributed by atoms with Gasteiger partial charge < -0.3 is 9.64 Å². The van der Waals surface area contributed by atoms with Gasteiger partial charge in [0, 0.05) is 39.3 Å². The number of ether oxygens (including phenoxy) is 1. The van der Waals surface area contributed by atoms with Crippen LogP contribution in [0.15, 0.2) is 0 Å². The van der Waals surface area contributed by atoms with E-state index in [2.05, 4.69) is 16.8 Å². The zero-order chi connectivity index (χ0) is 12.1. The first-order valence-electron chi connectivity index (χ1n) is 5.97. The summed E-state index contributed by atoms with van der Waals surface area (Å²) < 4.78 is 5.02. The molecule has 1 heterocycles. The van der Waals surface area contributed by atoms with Crippen LogP contribution in [0.4, 0.5) is 0 Å². The summed E-state index contributed by atoms with van der Waals surface area (Å²) in [6, 6.07) is 0.0607. The van der Waals surface area contributed by atoms with Crippen molar-refractivity contribution < 1.29 is 9.53 Å². The van der Waals surface area contributed by atoms with Gasteiger partial charge in [-0.1, -0.05) is 6.92 Å². The first-order valence-corrected chi connectivity index (χ1v) is 5.97. The van der Waals surface area contributed by atoms with E-state index in [-0.39, 0.29) is 12.0 Å². The predicted octanol–water partition coefficient (Wildman–Crippen LogP) is 0.474. The number of carbonyl (C=O) groups is 1. The monoisotopic (exact) mass is 228 g/mol. The van der Waals surface area contributed by atoms with Crippen molar-refractivity contribution in [2.75, 3.05) is 47.4 Å². The largest absolute Gasteiger partial charge is 0.385 e. The van der Waals surface area contributed by atoms with Gasteiger partial charge in [0.25, 0.3) is 0 Å². The second kappa shape index (κ2) is 6.33. The lowest BCUT2D eigenvalue weighted by molar-refractivity contribution is -0.129. The van der Waals surface area contributed by atoms with Gasteiger partial charge in [0.2, 0.25) is 0 Å². The van der Waals surface area contributed by atoms with Crippen LogP contribution in [-0.4, -0.2) is 69.1 Å². The SMILES string of the molecule is COCCC(C)C(=O)C1CN(C)CCN1C. The molecule has 0 aromatic rings. The maximum Gasteiger partial charge on any atom is 0.154 e. The Morgan fingerprint density at radius 3 is 2.75 bits per heavy atom. The van der Waals surface area contributed by atoms with Crippen LogP contribution in [-0.2, 0) is 9.53 Å². The summed E-state index contributed by atoms with van der Waals surface area (Å²) in [6.45, 7) is 5.55. The topological polar surface area (TPSA) is 32.8 Å². The van der Waals surface area contributed by atoms with E-state index in [9.17, 15) is 4.79 Å². The maximum atomic E-state index is 12.2. The van der Waals surface area contributed by atoms with Crippen molar-refractivity contribution in [3.8, 4) is 0 Å². The summed E-state index contributed by atoms with van der Waals surface area (Å²) in [7, 11) is 5.80. The molecule has 0 amide bonds. The molecule has 1 rings (SSSR count). The normalized spacial score (nSPS) is 25.6. The Balaban J connectivity index is 2.50. The molecule has 0 bridgehead atoms. The second-order valence-corrected chi connectivity index (χ2v) is 4.84. The standard InChI is InChI=1S/C12H24N2O2/c1-10(5-8-16-4)12(15)11-9-13(2)6-7-14(11)3/h10-11H,5-9H2,1-4H3. The highest BCUT2D eigenvalue weighted by Crippen LogP contribution is 2.14. The smallest absolute Gasteiger partial charge is 0.154 e. The molecule has 16 heavy (non-hydrogen) atoms. The third kappa shape index (κ3) is 3.54. The molecule has 0 aromatic heterocycles. The van der Waals surface area contributed by atoms with Crippen LogP contribution in [0.25, 0.3) is 0 Å². The van der Waals surface area contributed by atoms with Crippen molar-refractivity contribution in [1.82, 2.24) is 9.80 Å². The van der Waals surface area contributed by atoms with E-state index >= 15 is 0 Å². The lowest BCUT2D eigenvalue weighted by atomic mass is 9.95. The molecule has 0 aromatic carbocycles. The minimum absolute atomic E-state index is 0.0607. The predicted molar refractivity (Wildman–Crippen MR) is 64.6 cm³/mol. The third-order valence-electron chi connectivity index (χ3n) is 3.42. The molecule has 0 saturated carbocycles. The number of hydrogen-bond acceptors (Lipinski definition) is 4. The van der Waals surface area contributed by atoms with Gasteiger partial charge in [0.15, 0.2) is 5.78 Å². The van der Waals surface area contributed by atoms with E-state index in [1.54, 1.807) is 7.11 Å². The fourth-order valence-electron chi connectivity index (χ4n) is 2.08. The fourth-order valence-corrected chi connectivity index (χ4v) is 2.08. The molecule has 0 radical (unpaired) electrons. The average molecular weight is 228 g/mol. The van der Waals surface area contributed by atoms with Crippen molar-refractivity contribution in [3.05, 3.63) is 0 Å². The molecule has 0 spiro atoms. The molecule has 4 heteroatoms. The zero-order valence-corrected chi connectivity index (χ0v) is 10.9. The Hall–Kier alpha value is -0.450. The summed E-state index contributed by atoms with van der Waals surface area (Å²) in [5.41, 5.74) is 0. The van der Waals surface area contributed by atoms with Crippen LogP contribution in [0, 0.1) is 5.92 Å². The highest BCUT2D eigenvalue weighted by atomic mass is 16.5. The lowest BCUT2D eigenvalue weighted by Gasteiger charge is -2.37. The number of methoxy groups -OCH3 is 1. The molecule has 1 aliphatic rings. The van der Waals surface area contributed by atoms with E-state index in [0.29, 0.717) is 12.4 Å². The number of hydrogen-bond donors (Lipinski definition) is 0. The minimum Gasteiger partial charge on any atom is -0.385 e. The Bertz CT molecular complexity index is 233. The highest BCUT2D eigenvalue weighted by Gasteiger charge is 2.30. The fraction of sp³-hybridized carbons (Fsp3) is 0.917. The average Bonchev–Trinajstić information content (AvgIpc) is 2.28. The molecule has 1 aliphatic heterocycles. The maximum absolute atomic E-state index is 12.2. The van der Waals surface area contributed by atoms with Gasteiger partial charge in [-0.25, -0.2) is 0 Å². The van der Waals surface area contributed by atoms with Crippen molar-refractivity contribution >= 4 is 5.78 Å². The molecule has 94 valence electrons. The second-order valence-electron chi connectivity index (χ2n) is 4.84. The van der Waals surface area contributed by atoms with Crippen LogP contribution in [0.1, 0.15) is 13.3 Å². The quantitative estimate of drug-likeness (QED) is 0.685. The number of carbonyl (C=O) groups excluding carboxylic acids is 1. The first-order chi connectivity index (χ1) is 7.56. The minimum atomic E-state index is 0.0607. The van der Waals surface area contributed by atoms with Gasteiger partial charge in [-0.15, -0.1) is 0 Å². The lowest BCUT2D eigenvalue weighted by Crippen LogP contribution is -2.54. The zero-order valence-electron chi connectivity index (χ0n) is 10.9. The van der Waals surface area contributed by atoms with E-state index in [1.165, 1.54) is 0 Å². The Morgan fingerprint density at radius 2 is 2.12 bits per heavy atom. The number of piperazine rings is 1. The van der Waals surface area contributed by atoms with Gasteiger partial charge in [-0.2, -0.15) is 0 Å². The molecular formula is C12H24N2O2. The Kier molecular flexibility index (Phi) is 5.38. The summed E-state index contributed by atoms with van der Waals surface area (Å²) in [5.74, 6) is 0.449. The third-order valence-corrected chi connectivity index (χ3v) is 3.42. The van der Waals surface area contributed by atoms with Gasteiger partial charge in [-0.3, -0.25) is 9.69 Å². The van der Waals surface area contributed by atoms with E-state index in [0.717, 1.165) is 26.1 Å². The van der Waals surface area contributed by atoms with E-state index in [1.807, 2.05) is 14.0 Å². The van der Waals surface area contributed by atoms with Gasteiger partial charge in [-0.05, 0) is 20.5 Å². The van der Waals surface area contributed by atoms with Gasteiger partial charge in [0.1, 0.15) is 0 Å². The summed E-state index contributed by atoms with van der Waals surface area (Å²) in [6.07, 6.45) is 0.823. The van der Waals surface area contributed by atoms with Crippen LogP contribution in [0.5, 0.6) is 0 Å². The number of Topliss-reactive ketones (excluding diaryl/α,β-unsaturated/α-hetero) is 1. The molecular weight excluding hydrogens is 204 g/mol. The molecule has 2 atom stereocenters. The molecule has 0 N–H and O–H groups in total. The van der Waals surface area contributed by atoms with Gasteiger partial charge >= 0.3 is 0 Å². The number of ketones is 1. The van der Waals surface area contributed by atoms with Crippen LogP contribution in [0.3, 0.4) is 0 Å². The summed E-state index contributed by atoms with van der Waals surface area (Å²) in [4.78, 5) is 16.6. The Labute approximate surface area is 98.5 Å². The van der Waals surface area contributed by atoms with Crippen LogP contribution in [0.2, 0.25) is 0 Å². The number of nitrogens with zero attached hydrogens (tertiary/aromatic N) is 2. The summed E-state index contributed by atoms with van der Waals surface area (Å²) >= 11 is 0. The molecule has 1 fully saturated rings. The van der Waals surface area contributed by atoms with E-state index in [4.69, 9.17) is 4.74 Å². The molecule has 1 saturated heterocycles. The number of rotatable bonds is 5. The van der Waals surface area contributed by atoms with Crippen molar-refractivity contribution in [2.45, 2.75) is 19.4 Å². The van der Waals surface area contributed by atoms with Crippen molar-refractivity contribution in [2.24, 2.45) is 5.92 Å². The first kappa shape index (κ1) is 13.6. The highest BCUT2D eigenvalue weighted by molar-refractivity contribution is 5.86. The number of likely N-dealkylation sites (N-methyl/N-ethyl adjacent to an activating group) is 2. The van der Waals surface area contributed by atoms with E-state index < -0.39 is 0 Å². The molecule has 4 nitrogen and oxygen atoms in total.